The van der Waals surface area contributed by atoms with Gasteiger partial charge in [0, 0.05) is 40.4 Å². The van der Waals surface area contributed by atoms with E-state index in [2.05, 4.69) is 22.4 Å². The molecule has 0 radical (unpaired) electrons. The SMILES string of the molecule is C[C@@H](C(=O)O)N(CCOc1ccc(-c2c(C#N)c(SCc3csc(-c4ccc(Cl)cc4)n3)nc(N3CCCC3)c2C#N)cc1)C(=O)[C@@H]1CCCN1.Cl. The molecule has 0 saturated carbocycles. The number of carboxylic acids is 1. The van der Waals surface area contributed by atoms with Gasteiger partial charge in [0.25, 0.3) is 0 Å². The number of benzene rings is 2. The molecule has 11 nitrogen and oxygen atoms in total. The number of nitriles is 2. The number of ether oxygens (including phenoxy) is 1. The smallest absolute Gasteiger partial charge is 0.326 e. The average molecular weight is 779 g/mol. The van der Waals surface area contributed by atoms with Crippen molar-refractivity contribution < 1.29 is 19.4 Å². The molecule has 2 aliphatic heterocycles. The highest BCUT2D eigenvalue weighted by atomic mass is 35.5. The number of thioether (sulfide) groups is 1. The van der Waals surface area contributed by atoms with Gasteiger partial charge in [-0.05, 0) is 69.0 Å². The Balaban J connectivity index is 0.00000523. The summed E-state index contributed by atoms with van der Waals surface area (Å²) in [7, 11) is 0. The first-order valence-electron chi connectivity index (χ1n) is 16.7. The lowest BCUT2D eigenvalue weighted by molar-refractivity contribution is -0.150. The number of pyridine rings is 1. The lowest BCUT2D eigenvalue weighted by Crippen LogP contribution is -2.51. The molecule has 2 aliphatic rings. The third kappa shape index (κ3) is 8.80. The first kappa shape index (κ1) is 38.9. The molecule has 2 aromatic carbocycles. The van der Waals surface area contributed by atoms with Crippen LogP contribution in [0.15, 0.2) is 58.9 Å². The standard InChI is InChI=1S/C37H36ClN7O4S2.ClH/c1-23(37(47)48)45(36(46)31-5-4-14-41-31)17-18-49-28-12-8-24(9-13-28)32-29(19-39)33(44-15-2-3-16-44)43-35(30(32)20-40)51-22-27-21-50-34(42-27)25-6-10-26(38)11-7-25;/h6-13,21,23,31,41H,2-5,14-18,22H2,1H3,(H,47,48);1H/t23-,31-;/m0./s1. The van der Waals surface area contributed by atoms with Crippen molar-refractivity contribution in [2.45, 2.75) is 55.5 Å². The second kappa shape index (κ2) is 17.9. The third-order valence-corrected chi connectivity index (χ3v) is 11.2. The molecule has 0 spiro atoms. The average Bonchev–Trinajstić information content (AvgIpc) is 3.96. The molecule has 270 valence electrons. The largest absolute Gasteiger partial charge is 0.492 e. The van der Waals surface area contributed by atoms with Crippen molar-refractivity contribution in [1.29, 1.82) is 10.5 Å². The van der Waals surface area contributed by atoms with Crippen LogP contribution in [-0.4, -0.2) is 76.7 Å². The molecule has 6 rings (SSSR count). The third-order valence-electron chi connectivity index (χ3n) is 8.98. The molecule has 2 fully saturated rings. The Morgan fingerprint density at radius 2 is 1.77 bits per heavy atom. The quantitative estimate of drug-likeness (QED) is 0.135. The number of carbonyl (C=O) groups excluding carboxylic acids is 1. The van der Waals surface area contributed by atoms with Crippen LogP contribution in [0.3, 0.4) is 0 Å². The van der Waals surface area contributed by atoms with E-state index in [0.29, 0.717) is 56.0 Å². The van der Waals surface area contributed by atoms with Gasteiger partial charge in [-0.1, -0.05) is 47.6 Å². The summed E-state index contributed by atoms with van der Waals surface area (Å²) in [4.78, 5) is 38.0. The normalized spacial score (nSPS) is 15.7. The van der Waals surface area contributed by atoms with Crippen LogP contribution in [0.25, 0.3) is 21.7 Å². The summed E-state index contributed by atoms with van der Waals surface area (Å²) >= 11 is 9.02. The molecule has 0 bridgehead atoms. The number of nitrogens with one attached hydrogen (secondary N) is 1. The Kier molecular flexibility index (Phi) is 13.4. The van der Waals surface area contributed by atoms with Crippen LogP contribution in [0.1, 0.15) is 49.4 Å². The van der Waals surface area contributed by atoms with Gasteiger partial charge in [0.1, 0.15) is 52.0 Å². The van der Waals surface area contributed by atoms with Gasteiger partial charge in [0.05, 0.1) is 23.8 Å². The summed E-state index contributed by atoms with van der Waals surface area (Å²) < 4.78 is 5.96. The maximum Gasteiger partial charge on any atom is 0.326 e. The van der Waals surface area contributed by atoms with E-state index in [1.807, 2.05) is 29.6 Å². The van der Waals surface area contributed by atoms with Crippen molar-refractivity contribution in [3.63, 3.8) is 0 Å². The van der Waals surface area contributed by atoms with Crippen LogP contribution in [-0.2, 0) is 15.3 Å². The van der Waals surface area contributed by atoms with E-state index in [-0.39, 0.29) is 31.5 Å². The minimum Gasteiger partial charge on any atom is -0.492 e. The fraction of sp³-hybridized carbons (Fsp3) is 0.351. The Morgan fingerprint density at radius 1 is 1.08 bits per heavy atom. The van der Waals surface area contributed by atoms with Crippen molar-refractivity contribution >= 4 is 64.8 Å². The van der Waals surface area contributed by atoms with Gasteiger partial charge in [-0.25, -0.2) is 14.8 Å². The van der Waals surface area contributed by atoms with Gasteiger partial charge in [-0.15, -0.1) is 23.7 Å². The number of rotatable bonds is 13. The second-order valence-corrected chi connectivity index (χ2v) is 14.5. The van der Waals surface area contributed by atoms with E-state index in [1.54, 1.807) is 24.3 Å². The molecule has 2 N–H and O–H groups in total. The van der Waals surface area contributed by atoms with E-state index < -0.39 is 18.1 Å². The number of amides is 1. The summed E-state index contributed by atoms with van der Waals surface area (Å²) in [6, 6.07) is 17.9. The molecular weight excluding hydrogens is 741 g/mol. The summed E-state index contributed by atoms with van der Waals surface area (Å²) in [6.07, 6.45) is 3.52. The first-order valence-corrected chi connectivity index (χ1v) is 19.0. The van der Waals surface area contributed by atoms with E-state index in [4.69, 9.17) is 26.3 Å². The number of nitrogens with zero attached hydrogens (tertiary/aromatic N) is 6. The highest BCUT2D eigenvalue weighted by Gasteiger charge is 2.32. The van der Waals surface area contributed by atoms with Crippen molar-refractivity contribution in [3.05, 3.63) is 75.8 Å². The Morgan fingerprint density at radius 3 is 2.40 bits per heavy atom. The molecule has 2 saturated heterocycles. The van der Waals surface area contributed by atoms with Crippen LogP contribution in [0.2, 0.25) is 5.02 Å². The topological polar surface area (TPSA) is 155 Å². The number of carbonyl (C=O) groups is 2. The number of carboxylic acid groups (broad SMARTS) is 1. The number of halogens is 2. The monoisotopic (exact) mass is 777 g/mol. The summed E-state index contributed by atoms with van der Waals surface area (Å²) in [5.41, 5.74) is 3.68. The zero-order valence-corrected chi connectivity index (χ0v) is 31.6. The number of aliphatic carboxylic acids is 1. The van der Waals surface area contributed by atoms with Crippen molar-refractivity contribution in [2.75, 3.05) is 37.7 Å². The van der Waals surface area contributed by atoms with Crippen molar-refractivity contribution in [2.24, 2.45) is 0 Å². The maximum absolute atomic E-state index is 13.1. The predicted octanol–water partition coefficient (Wildman–Crippen LogP) is 7.02. The molecule has 4 aromatic rings. The molecule has 4 heterocycles. The van der Waals surface area contributed by atoms with Crippen LogP contribution >= 0.6 is 47.1 Å². The summed E-state index contributed by atoms with van der Waals surface area (Å²) in [5, 5.41) is 37.8. The molecule has 15 heteroatoms. The van der Waals surface area contributed by atoms with E-state index in [9.17, 15) is 25.2 Å². The fourth-order valence-corrected chi connectivity index (χ4v) is 8.19. The minimum absolute atomic E-state index is 0. The van der Waals surface area contributed by atoms with Gasteiger partial charge in [0.15, 0.2) is 0 Å². The lowest BCUT2D eigenvalue weighted by Gasteiger charge is -2.29. The lowest BCUT2D eigenvalue weighted by atomic mass is 9.96. The molecule has 0 aliphatic carbocycles. The molecule has 0 unspecified atom stereocenters. The predicted molar refractivity (Wildman–Crippen MR) is 205 cm³/mol. The van der Waals surface area contributed by atoms with Crippen LogP contribution in [0, 0.1) is 22.7 Å². The van der Waals surface area contributed by atoms with E-state index in [1.165, 1.54) is 34.9 Å². The van der Waals surface area contributed by atoms with E-state index >= 15 is 0 Å². The zero-order valence-electron chi connectivity index (χ0n) is 28.4. The van der Waals surface area contributed by atoms with Crippen molar-refractivity contribution in [3.8, 4) is 39.6 Å². The number of hydrogen-bond acceptors (Lipinski definition) is 11. The minimum atomic E-state index is -1.08. The van der Waals surface area contributed by atoms with Gasteiger partial charge in [-0.3, -0.25) is 4.79 Å². The summed E-state index contributed by atoms with van der Waals surface area (Å²) in [6.45, 7) is 3.97. The maximum atomic E-state index is 13.1. The first-order chi connectivity index (χ1) is 24.8. The number of anilines is 1. The Bertz CT molecular complexity index is 1970. The number of aromatic nitrogens is 2. The molecule has 52 heavy (non-hydrogen) atoms. The van der Waals surface area contributed by atoms with E-state index in [0.717, 1.165) is 55.2 Å². The molecule has 1 amide bonds. The molecule has 2 atom stereocenters. The van der Waals surface area contributed by atoms with Gasteiger partial charge in [-0.2, -0.15) is 10.5 Å². The van der Waals surface area contributed by atoms with Crippen LogP contribution < -0.4 is 15.0 Å². The number of hydrogen-bond donors (Lipinski definition) is 2. The molecular formula is C37H37Cl2N7O4S2. The second-order valence-electron chi connectivity index (χ2n) is 12.3. The summed E-state index contributed by atoms with van der Waals surface area (Å²) in [5.74, 6) is 0.242. The highest BCUT2D eigenvalue weighted by molar-refractivity contribution is 7.98. The Hall–Kier alpha value is -4.37. The van der Waals surface area contributed by atoms with Gasteiger partial charge < -0.3 is 25.0 Å². The van der Waals surface area contributed by atoms with Gasteiger partial charge in [0.2, 0.25) is 5.91 Å². The highest BCUT2D eigenvalue weighted by Crippen LogP contribution is 2.40. The van der Waals surface area contributed by atoms with Gasteiger partial charge >= 0.3 is 5.97 Å². The Labute approximate surface area is 322 Å². The molecule has 2 aromatic heterocycles. The fourth-order valence-electron chi connectivity index (χ4n) is 6.26. The van der Waals surface area contributed by atoms with Crippen LogP contribution in [0.5, 0.6) is 5.75 Å². The zero-order chi connectivity index (χ0) is 35.9. The van der Waals surface area contributed by atoms with Crippen molar-refractivity contribution in [1.82, 2.24) is 20.2 Å². The van der Waals surface area contributed by atoms with Crippen LogP contribution in [0.4, 0.5) is 5.82 Å². The number of thiazole rings is 1.